The van der Waals surface area contributed by atoms with Crippen LogP contribution in [0.4, 0.5) is 4.79 Å². The number of unbranched alkanes of at least 4 members (excludes halogenated alkanes) is 1. The first-order valence-corrected chi connectivity index (χ1v) is 22.4. The van der Waals surface area contributed by atoms with Crippen LogP contribution in [0.25, 0.3) is 31.3 Å². The average Bonchev–Trinajstić information content (AvgIpc) is 3.54. The van der Waals surface area contributed by atoms with Crippen molar-refractivity contribution in [3.63, 3.8) is 0 Å². The number of nitrogens with zero attached hydrogens (tertiary/aromatic N) is 9. The van der Waals surface area contributed by atoms with Gasteiger partial charge in [-0.15, -0.1) is 0 Å². The summed E-state index contributed by atoms with van der Waals surface area (Å²) in [5, 5.41) is 17.7. The summed E-state index contributed by atoms with van der Waals surface area (Å²) in [6, 6.07) is 0. The number of ether oxygens (including phenoxy) is 4. The Kier molecular flexibility index (Phi) is 19.5. The molecule has 0 aromatic heterocycles. The molecule has 0 aliphatic heterocycles. The van der Waals surface area contributed by atoms with Crippen molar-refractivity contribution < 1.29 is 23.7 Å². The molecule has 4 aliphatic rings. The number of carbonyl (C=O) groups is 1. The molecule has 328 valence electrons. The Morgan fingerprint density at radius 1 is 0.776 bits per heavy atom. The van der Waals surface area contributed by atoms with E-state index in [1.807, 2.05) is 20.8 Å². The molecular formula is C42H75N11O5. The van der Waals surface area contributed by atoms with Crippen LogP contribution < -0.4 is 10.6 Å². The minimum absolute atomic E-state index is 0.00419. The largest absolute Gasteiger partial charge is 0.444 e. The maximum Gasteiger partial charge on any atom is 0.407 e. The van der Waals surface area contributed by atoms with Crippen molar-refractivity contribution in [3.8, 4) is 0 Å². The second-order valence-corrected chi connectivity index (χ2v) is 19.0. The molecule has 0 aromatic carbocycles. The quantitative estimate of drug-likeness (QED) is 0.0394. The third-order valence-electron chi connectivity index (χ3n) is 14.3. The first-order chi connectivity index (χ1) is 27.9. The van der Waals surface area contributed by atoms with Gasteiger partial charge in [0.25, 0.3) is 0 Å². The van der Waals surface area contributed by atoms with Gasteiger partial charge in [-0.05, 0) is 181 Å². The highest BCUT2D eigenvalue weighted by molar-refractivity contribution is 5.67. The number of hydrogen-bond donors (Lipinski definition) is 2. The second kappa shape index (κ2) is 23.7. The van der Waals surface area contributed by atoms with E-state index >= 15 is 0 Å². The lowest BCUT2D eigenvalue weighted by molar-refractivity contribution is -0.227. The SMILES string of the molecule is C[C@H](CCCNCCCCNC(=O)OC(C)(C)C)C1CC[C@H]2C3[C@H](OCCCN=[N+]=[N-])CC4C[C@H](OCCCN=[N+]=[N-])CC[C@]4(C)[C@H]3C[C@H](OCCCN=[N+]=[N-])[C@]12C. The lowest BCUT2D eigenvalue weighted by Crippen LogP contribution is -2.63. The molecule has 4 saturated carbocycles. The van der Waals surface area contributed by atoms with E-state index in [4.69, 9.17) is 35.5 Å². The molecule has 4 aliphatic carbocycles. The predicted molar refractivity (Wildman–Crippen MR) is 226 cm³/mol. The number of fused-ring (bicyclic) bond motifs is 5. The summed E-state index contributed by atoms with van der Waals surface area (Å²) in [6.07, 6.45) is 14.0. The molecule has 0 heterocycles. The third kappa shape index (κ3) is 13.3. The lowest BCUT2D eigenvalue weighted by Gasteiger charge is -2.65. The van der Waals surface area contributed by atoms with Crippen LogP contribution in [-0.4, -0.2) is 89.1 Å². The van der Waals surface area contributed by atoms with Gasteiger partial charge in [-0.2, -0.15) is 0 Å². The Bertz CT molecular complexity index is 1410. The number of amides is 1. The standard InChI is InChI=1S/C42H75N11O5/c1-30(13-9-19-46-18-7-8-20-47-39(54)58-40(2,3)4)33-14-15-34-38-35(29-37(42(33,34)6)57-26-12-23-50-53-45)41(5)17-16-32(55-24-10-21-48-51-43)27-31(41)28-36(38)56-25-11-22-49-52-44/h30-38,46H,7-29H2,1-6H3,(H,47,54)/t30-,31?,32-,33?,34+,35+,36-,37+,38?,41+,42-/m1/s1. The molecule has 58 heavy (non-hydrogen) atoms. The fourth-order valence-electron chi connectivity index (χ4n) is 11.6. The van der Waals surface area contributed by atoms with Gasteiger partial charge in [-0.1, -0.05) is 36.1 Å². The molecule has 0 bridgehead atoms. The summed E-state index contributed by atoms with van der Waals surface area (Å²) >= 11 is 0. The Balaban J connectivity index is 1.44. The number of nitrogens with one attached hydrogen (secondary N) is 2. The van der Waals surface area contributed by atoms with Gasteiger partial charge in [0.05, 0.1) is 18.3 Å². The number of carbonyl (C=O) groups excluding carboxylic acids is 1. The van der Waals surface area contributed by atoms with Crippen LogP contribution in [0, 0.1) is 46.3 Å². The molecule has 0 radical (unpaired) electrons. The third-order valence-corrected chi connectivity index (χ3v) is 14.3. The van der Waals surface area contributed by atoms with Gasteiger partial charge >= 0.3 is 6.09 Å². The molecule has 1 amide bonds. The van der Waals surface area contributed by atoms with Crippen LogP contribution in [-0.2, 0) is 18.9 Å². The molecule has 0 saturated heterocycles. The summed E-state index contributed by atoms with van der Waals surface area (Å²) in [4.78, 5) is 20.7. The van der Waals surface area contributed by atoms with E-state index < -0.39 is 5.60 Å². The zero-order valence-electron chi connectivity index (χ0n) is 36.5. The second-order valence-electron chi connectivity index (χ2n) is 19.0. The number of azide groups is 3. The Hall–Kier alpha value is -2.96. The topological polar surface area (TPSA) is 224 Å². The monoisotopic (exact) mass is 814 g/mol. The van der Waals surface area contributed by atoms with Crippen molar-refractivity contribution in [3.05, 3.63) is 31.3 Å². The van der Waals surface area contributed by atoms with E-state index in [1.54, 1.807) is 0 Å². The highest BCUT2D eigenvalue weighted by Crippen LogP contribution is 2.69. The zero-order valence-corrected chi connectivity index (χ0v) is 36.5. The molecule has 0 spiro atoms. The fourth-order valence-corrected chi connectivity index (χ4v) is 11.6. The smallest absolute Gasteiger partial charge is 0.407 e. The van der Waals surface area contributed by atoms with E-state index in [9.17, 15) is 4.79 Å². The van der Waals surface area contributed by atoms with E-state index in [0.717, 1.165) is 77.3 Å². The molecule has 4 rings (SSSR count). The Labute approximate surface area is 347 Å². The van der Waals surface area contributed by atoms with Crippen molar-refractivity contribution in [2.45, 2.75) is 155 Å². The van der Waals surface area contributed by atoms with E-state index in [2.05, 4.69) is 61.5 Å². The van der Waals surface area contributed by atoms with Crippen molar-refractivity contribution in [2.24, 2.45) is 61.7 Å². The predicted octanol–water partition coefficient (Wildman–Crippen LogP) is 10.4. The van der Waals surface area contributed by atoms with Crippen LogP contribution in [0.5, 0.6) is 0 Å². The number of hydrogen-bond acceptors (Lipinski definition) is 9. The van der Waals surface area contributed by atoms with Gasteiger partial charge in [-0.3, -0.25) is 0 Å². The van der Waals surface area contributed by atoms with Crippen molar-refractivity contribution in [1.29, 1.82) is 0 Å². The van der Waals surface area contributed by atoms with Crippen molar-refractivity contribution in [1.82, 2.24) is 10.6 Å². The summed E-state index contributed by atoms with van der Waals surface area (Å²) in [6.45, 7) is 18.8. The minimum atomic E-state index is -0.487. The summed E-state index contributed by atoms with van der Waals surface area (Å²) in [7, 11) is 0. The molecule has 4 fully saturated rings. The molecular weight excluding hydrogens is 739 g/mol. The van der Waals surface area contributed by atoms with E-state index in [0.29, 0.717) is 94.3 Å². The minimum Gasteiger partial charge on any atom is -0.444 e. The van der Waals surface area contributed by atoms with Crippen LogP contribution in [0.1, 0.15) is 131 Å². The first-order valence-electron chi connectivity index (χ1n) is 22.4. The summed E-state index contributed by atoms with van der Waals surface area (Å²) < 4.78 is 25.7. The van der Waals surface area contributed by atoms with Gasteiger partial charge in [0.1, 0.15) is 5.60 Å². The number of rotatable bonds is 25. The van der Waals surface area contributed by atoms with Gasteiger partial charge in [-0.25, -0.2) is 4.79 Å². The highest BCUT2D eigenvalue weighted by atomic mass is 16.6. The summed E-state index contributed by atoms with van der Waals surface area (Å²) in [5.74, 6) is 2.90. The van der Waals surface area contributed by atoms with Gasteiger partial charge in [0, 0.05) is 66.1 Å². The Morgan fingerprint density at radius 2 is 1.40 bits per heavy atom. The zero-order chi connectivity index (χ0) is 42.0. The molecule has 3 unspecified atom stereocenters. The molecule has 0 aromatic rings. The number of alkyl carbamates (subject to hydrolysis) is 1. The lowest BCUT2D eigenvalue weighted by atomic mass is 9.43. The van der Waals surface area contributed by atoms with Gasteiger partial charge in [0.2, 0.25) is 0 Å². The maximum atomic E-state index is 11.9. The Morgan fingerprint density at radius 3 is 2.05 bits per heavy atom. The van der Waals surface area contributed by atoms with Gasteiger partial charge < -0.3 is 29.6 Å². The van der Waals surface area contributed by atoms with Crippen LogP contribution >= 0.6 is 0 Å². The van der Waals surface area contributed by atoms with Crippen LogP contribution in [0.2, 0.25) is 0 Å². The van der Waals surface area contributed by atoms with Crippen molar-refractivity contribution >= 4 is 6.09 Å². The molecule has 11 atom stereocenters. The fraction of sp³-hybridized carbons (Fsp3) is 0.976. The first kappa shape index (κ1) is 47.7. The van der Waals surface area contributed by atoms with Crippen LogP contribution in [0.3, 0.4) is 0 Å². The van der Waals surface area contributed by atoms with Crippen molar-refractivity contribution in [2.75, 3.05) is 59.1 Å². The van der Waals surface area contributed by atoms with E-state index in [-0.39, 0.29) is 35.2 Å². The van der Waals surface area contributed by atoms with Gasteiger partial charge in [0.15, 0.2) is 0 Å². The molecule has 16 nitrogen and oxygen atoms in total. The molecule has 2 N–H and O–H groups in total. The highest BCUT2D eigenvalue weighted by Gasteiger charge is 2.66. The average molecular weight is 814 g/mol. The molecule has 16 heteroatoms. The van der Waals surface area contributed by atoms with E-state index in [1.165, 1.54) is 12.8 Å². The maximum absolute atomic E-state index is 11.9. The normalized spacial score (nSPS) is 32.0. The summed E-state index contributed by atoms with van der Waals surface area (Å²) in [5.41, 5.74) is 26.1. The van der Waals surface area contributed by atoms with Crippen LogP contribution in [0.15, 0.2) is 15.3 Å².